The second-order valence-electron chi connectivity index (χ2n) is 5.43. The molecule has 0 radical (unpaired) electrons. The third-order valence-electron chi connectivity index (χ3n) is 3.44. The molecule has 1 heterocycles. The van der Waals surface area contributed by atoms with Crippen LogP contribution in [0.5, 0.6) is 0 Å². The molecule has 0 aromatic heterocycles. The number of carboxylic acid groups (broad SMARTS) is 1. The molecule has 1 fully saturated rings. The first-order valence-corrected chi connectivity index (χ1v) is 8.49. The first-order chi connectivity index (χ1) is 10.7. The fourth-order valence-electron chi connectivity index (χ4n) is 2.13. The van der Waals surface area contributed by atoms with Gasteiger partial charge in [-0.2, -0.15) is 0 Å². The SMILES string of the molecule is CC(C)N1CC(CNS(=O)(=O)c2ccc(C(=O)O)cc2)OC1=O. The summed E-state index contributed by atoms with van der Waals surface area (Å²) in [7, 11) is -3.80. The molecule has 1 unspecified atom stereocenters. The third kappa shape index (κ3) is 3.99. The molecule has 23 heavy (non-hydrogen) atoms. The normalized spacial score (nSPS) is 18.3. The Morgan fingerprint density at radius 2 is 2.00 bits per heavy atom. The molecule has 1 aliphatic heterocycles. The van der Waals surface area contributed by atoms with E-state index >= 15 is 0 Å². The van der Waals surface area contributed by atoms with Gasteiger partial charge in [0.25, 0.3) is 0 Å². The van der Waals surface area contributed by atoms with Crippen LogP contribution in [0.2, 0.25) is 0 Å². The topological polar surface area (TPSA) is 113 Å². The van der Waals surface area contributed by atoms with E-state index in [2.05, 4.69) is 4.72 Å². The lowest BCUT2D eigenvalue weighted by atomic mass is 10.2. The van der Waals surface area contributed by atoms with Gasteiger partial charge in [-0.05, 0) is 38.1 Å². The van der Waals surface area contributed by atoms with Crippen molar-refractivity contribution >= 4 is 22.1 Å². The molecule has 1 saturated heterocycles. The molecule has 0 spiro atoms. The number of rotatable bonds is 6. The zero-order valence-corrected chi connectivity index (χ0v) is 13.5. The molecule has 1 aromatic rings. The van der Waals surface area contributed by atoms with Crippen LogP contribution in [-0.4, -0.2) is 55.7 Å². The number of nitrogens with zero attached hydrogens (tertiary/aromatic N) is 1. The molecule has 0 aliphatic carbocycles. The molecule has 2 rings (SSSR count). The van der Waals surface area contributed by atoms with Crippen LogP contribution in [0.4, 0.5) is 4.79 Å². The third-order valence-corrected chi connectivity index (χ3v) is 4.88. The van der Waals surface area contributed by atoms with Crippen LogP contribution in [0, 0.1) is 0 Å². The van der Waals surface area contributed by atoms with Crippen molar-refractivity contribution in [1.29, 1.82) is 0 Å². The number of carbonyl (C=O) groups excluding carboxylic acids is 1. The molecule has 1 amide bonds. The minimum Gasteiger partial charge on any atom is -0.478 e. The summed E-state index contributed by atoms with van der Waals surface area (Å²) in [6.45, 7) is 3.96. The Kier molecular flexibility index (Phi) is 4.90. The van der Waals surface area contributed by atoms with Gasteiger partial charge in [-0.1, -0.05) is 0 Å². The molecule has 1 atom stereocenters. The highest BCUT2D eigenvalue weighted by Gasteiger charge is 2.33. The van der Waals surface area contributed by atoms with E-state index in [1.165, 1.54) is 29.2 Å². The Morgan fingerprint density at radius 3 is 2.48 bits per heavy atom. The Balaban J connectivity index is 1.99. The van der Waals surface area contributed by atoms with E-state index in [9.17, 15) is 18.0 Å². The number of carbonyl (C=O) groups is 2. The molecule has 0 bridgehead atoms. The van der Waals surface area contributed by atoms with E-state index in [1.807, 2.05) is 13.8 Å². The number of nitrogens with one attached hydrogen (secondary N) is 1. The van der Waals surface area contributed by atoms with Crippen molar-refractivity contribution in [3.05, 3.63) is 29.8 Å². The zero-order chi connectivity index (χ0) is 17.2. The second-order valence-corrected chi connectivity index (χ2v) is 7.20. The van der Waals surface area contributed by atoms with Crippen LogP contribution in [0.25, 0.3) is 0 Å². The monoisotopic (exact) mass is 342 g/mol. The largest absolute Gasteiger partial charge is 0.478 e. The van der Waals surface area contributed by atoms with Crippen molar-refractivity contribution < 1.29 is 27.9 Å². The highest BCUT2D eigenvalue weighted by molar-refractivity contribution is 7.89. The van der Waals surface area contributed by atoms with Crippen LogP contribution in [0.1, 0.15) is 24.2 Å². The second kappa shape index (κ2) is 6.55. The summed E-state index contributed by atoms with van der Waals surface area (Å²) < 4.78 is 31.8. The van der Waals surface area contributed by atoms with E-state index in [-0.39, 0.29) is 23.0 Å². The van der Waals surface area contributed by atoms with Gasteiger partial charge >= 0.3 is 12.1 Å². The Hall–Kier alpha value is -2.13. The maximum Gasteiger partial charge on any atom is 0.410 e. The smallest absolute Gasteiger partial charge is 0.410 e. The summed E-state index contributed by atoms with van der Waals surface area (Å²) in [5.74, 6) is -1.13. The number of benzene rings is 1. The molecule has 126 valence electrons. The predicted molar refractivity (Wildman–Crippen MR) is 80.7 cm³/mol. The van der Waals surface area contributed by atoms with Crippen molar-refractivity contribution in [3.63, 3.8) is 0 Å². The molecule has 1 aromatic carbocycles. The average molecular weight is 342 g/mol. The van der Waals surface area contributed by atoms with Gasteiger partial charge in [0.2, 0.25) is 10.0 Å². The van der Waals surface area contributed by atoms with Crippen LogP contribution in [0.15, 0.2) is 29.2 Å². The minimum atomic E-state index is -3.80. The summed E-state index contributed by atoms with van der Waals surface area (Å²) in [4.78, 5) is 23.8. The van der Waals surface area contributed by atoms with Gasteiger partial charge in [0.1, 0.15) is 6.10 Å². The fourth-order valence-corrected chi connectivity index (χ4v) is 3.20. The van der Waals surface area contributed by atoms with Crippen LogP contribution >= 0.6 is 0 Å². The van der Waals surface area contributed by atoms with Crippen molar-refractivity contribution in [2.75, 3.05) is 13.1 Å². The zero-order valence-electron chi connectivity index (χ0n) is 12.7. The predicted octanol–water partition coefficient (Wildman–Crippen LogP) is 0.892. The van der Waals surface area contributed by atoms with Crippen LogP contribution < -0.4 is 4.72 Å². The fraction of sp³-hybridized carbons (Fsp3) is 0.429. The van der Waals surface area contributed by atoms with E-state index in [0.717, 1.165) is 0 Å². The number of carboxylic acids is 1. The van der Waals surface area contributed by atoms with Gasteiger partial charge in [-0.15, -0.1) is 0 Å². The van der Waals surface area contributed by atoms with Crippen molar-refractivity contribution in [3.8, 4) is 0 Å². The highest BCUT2D eigenvalue weighted by atomic mass is 32.2. The Bertz CT molecular complexity index is 698. The van der Waals surface area contributed by atoms with Crippen LogP contribution in [0.3, 0.4) is 0 Å². The highest BCUT2D eigenvalue weighted by Crippen LogP contribution is 2.15. The lowest BCUT2D eigenvalue weighted by Gasteiger charge is -2.16. The molecule has 0 saturated carbocycles. The molecular weight excluding hydrogens is 324 g/mol. The number of sulfonamides is 1. The van der Waals surface area contributed by atoms with Gasteiger partial charge < -0.3 is 14.7 Å². The van der Waals surface area contributed by atoms with Crippen LogP contribution in [-0.2, 0) is 14.8 Å². The Morgan fingerprint density at radius 1 is 1.39 bits per heavy atom. The van der Waals surface area contributed by atoms with E-state index in [4.69, 9.17) is 9.84 Å². The number of hydrogen-bond acceptors (Lipinski definition) is 5. The van der Waals surface area contributed by atoms with Gasteiger partial charge in [-0.25, -0.2) is 22.7 Å². The van der Waals surface area contributed by atoms with Gasteiger partial charge in [0, 0.05) is 12.6 Å². The summed E-state index contributed by atoms with van der Waals surface area (Å²) in [5, 5.41) is 8.80. The number of ether oxygens (including phenoxy) is 1. The molecule has 1 aliphatic rings. The number of amides is 1. The summed E-state index contributed by atoms with van der Waals surface area (Å²) in [5.41, 5.74) is 0.00116. The van der Waals surface area contributed by atoms with Gasteiger partial charge in [0.15, 0.2) is 0 Å². The Labute approximate surface area is 134 Å². The molecule has 8 nitrogen and oxygen atoms in total. The maximum atomic E-state index is 12.2. The summed E-state index contributed by atoms with van der Waals surface area (Å²) in [6.07, 6.45) is -1.02. The quantitative estimate of drug-likeness (QED) is 0.794. The molecule has 2 N–H and O–H groups in total. The lowest BCUT2D eigenvalue weighted by molar-refractivity contribution is 0.0696. The lowest BCUT2D eigenvalue weighted by Crippen LogP contribution is -2.36. The average Bonchev–Trinajstić information content (AvgIpc) is 2.87. The van der Waals surface area contributed by atoms with Gasteiger partial charge in [-0.3, -0.25) is 0 Å². The summed E-state index contributed by atoms with van der Waals surface area (Å²) >= 11 is 0. The van der Waals surface area contributed by atoms with E-state index in [0.29, 0.717) is 6.54 Å². The number of hydrogen-bond donors (Lipinski definition) is 2. The summed E-state index contributed by atoms with van der Waals surface area (Å²) in [6, 6.07) is 4.84. The van der Waals surface area contributed by atoms with Crippen molar-refractivity contribution in [2.45, 2.75) is 30.9 Å². The molecular formula is C14H18N2O6S. The van der Waals surface area contributed by atoms with E-state index < -0.39 is 28.2 Å². The minimum absolute atomic E-state index is 0.00116. The first kappa shape index (κ1) is 17.2. The maximum absolute atomic E-state index is 12.2. The van der Waals surface area contributed by atoms with Crippen molar-refractivity contribution in [1.82, 2.24) is 9.62 Å². The van der Waals surface area contributed by atoms with E-state index in [1.54, 1.807) is 0 Å². The first-order valence-electron chi connectivity index (χ1n) is 7.01. The molecule has 9 heteroatoms. The van der Waals surface area contributed by atoms with Crippen molar-refractivity contribution in [2.24, 2.45) is 0 Å². The van der Waals surface area contributed by atoms with Gasteiger partial charge in [0.05, 0.1) is 17.0 Å². The number of cyclic esters (lactones) is 1. The number of aromatic carboxylic acids is 1. The standard InChI is InChI=1S/C14H18N2O6S/c1-9(2)16-8-11(22-14(16)19)7-15-23(20,21)12-5-3-10(4-6-12)13(17)18/h3-6,9,11,15H,7-8H2,1-2H3,(H,17,18).